The number of hydrogen-bond donors (Lipinski definition) is 3. The van der Waals surface area contributed by atoms with Gasteiger partial charge in [-0.15, -0.1) is 0 Å². The molecule has 0 aromatic heterocycles. The van der Waals surface area contributed by atoms with Crippen molar-refractivity contribution in [3.05, 3.63) is 29.3 Å². The Balaban J connectivity index is 1.59. The van der Waals surface area contributed by atoms with E-state index < -0.39 is 6.04 Å². The van der Waals surface area contributed by atoms with Crippen molar-refractivity contribution in [2.45, 2.75) is 64.1 Å². The van der Waals surface area contributed by atoms with Crippen LogP contribution >= 0.6 is 0 Å². The SMILES string of the molecule is Cc1ccc(NC(=O)C[C@H]2N[C@H]3CCCC[C@@H]3NC2=O)c(C)c1. The Morgan fingerprint density at radius 3 is 2.70 bits per heavy atom. The maximum Gasteiger partial charge on any atom is 0.237 e. The van der Waals surface area contributed by atoms with E-state index in [1.165, 1.54) is 12.8 Å². The first kappa shape index (κ1) is 16.0. The molecule has 2 fully saturated rings. The fourth-order valence-corrected chi connectivity index (χ4v) is 3.61. The molecule has 0 radical (unpaired) electrons. The lowest BCUT2D eigenvalue weighted by molar-refractivity contribution is -0.129. The van der Waals surface area contributed by atoms with Crippen molar-refractivity contribution in [2.24, 2.45) is 0 Å². The summed E-state index contributed by atoms with van der Waals surface area (Å²) in [7, 11) is 0. The minimum Gasteiger partial charge on any atom is -0.350 e. The monoisotopic (exact) mass is 315 g/mol. The third-order valence-corrected chi connectivity index (χ3v) is 4.87. The van der Waals surface area contributed by atoms with Gasteiger partial charge in [0.25, 0.3) is 0 Å². The van der Waals surface area contributed by atoms with E-state index in [9.17, 15) is 9.59 Å². The van der Waals surface area contributed by atoms with E-state index in [1.807, 2.05) is 32.0 Å². The second-order valence-corrected chi connectivity index (χ2v) is 6.80. The summed E-state index contributed by atoms with van der Waals surface area (Å²) < 4.78 is 0. The zero-order valence-corrected chi connectivity index (χ0v) is 13.8. The van der Waals surface area contributed by atoms with Gasteiger partial charge >= 0.3 is 0 Å². The molecule has 124 valence electrons. The van der Waals surface area contributed by atoms with Gasteiger partial charge in [0, 0.05) is 17.8 Å². The van der Waals surface area contributed by atoms with Gasteiger partial charge in [-0.1, -0.05) is 30.5 Å². The highest BCUT2D eigenvalue weighted by atomic mass is 16.2. The zero-order chi connectivity index (χ0) is 16.4. The van der Waals surface area contributed by atoms with Crippen molar-refractivity contribution in [1.29, 1.82) is 0 Å². The summed E-state index contributed by atoms with van der Waals surface area (Å²) in [4.78, 5) is 24.5. The van der Waals surface area contributed by atoms with E-state index in [2.05, 4.69) is 16.0 Å². The van der Waals surface area contributed by atoms with Crippen LogP contribution in [-0.4, -0.2) is 29.9 Å². The summed E-state index contributed by atoms with van der Waals surface area (Å²) in [6, 6.07) is 6.03. The Hall–Kier alpha value is -1.88. The van der Waals surface area contributed by atoms with Crippen LogP contribution in [0.2, 0.25) is 0 Å². The van der Waals surface area contributed by atoms with E-state index >= 15 is 0 Å². The number of aryl methyl sites for hydroxylation is 2. The average molecular weight is 315 g/mol. The van der Waals surface area contributed by atoms with Crippen LogP contribution in [0.25, 0.3) is 0 Å². The van der Waals surface area contributed by atoms with Gasteiger partial charge in [0.1, 0.15) is 0 Å². The van der Waals surface area contributed by atoms with Gasteiger partial charge in [-0.3, -0.25) is 9.59 Å². The van der Waals surface area contributed by atoms with E-state index in [0.717, 1.165) is 29.7 Å². The first-order chi connectivity index (χ1) is 11.0. The summed E-state index contributed by atoms with van der Waals surface area (Å²) in [5.41, 5.74) is 3.01. The Morgan fingerprint density at radius 1 is 1.22 bits per heavy atom. The minimum absolute atomic E-state index is 0.0519. The van der Waals surface area contributed by atoms with Crippen LogP contribution in [0.1, 0.15) is 43.2 Å². The van der Waals surface area contributed by atoms with Gasteiger partial charge in [0.2, 0.25) is 11.8 Å². The van der Waals surface area contributed by atoms with Gasteiger partial charge in [0.05, 0.1) is 12.5 Å². The van der Waals surface area contributed by atoms with Crippen LogP contribution in [0.5, 0.6) is 0 Å². The molecular weight excluding hydrogens is 290 g/mol. The lowest BCUT2D eigenvalue weighted by Crippen LogP contribution is -2.65. The van der Waals surface area contributed by atoms with Gasteiger partial charge in [-0.25, -0.2) is 0 Å². The lowest BCUT2D eigenvalue weighted by atomic mass is 9.87. The minimum atomic E-state index is -0.430. The van der Waals surface area contributed by atoms with E-state index in [0.29, 0.717) is 6.04 Å². The zero-order valence-electron chi connectivity index (χ0n) is 13.8. The number of piperazine rings is 1. The predicted molar refractivity (Wildman–Crippen MR) is 90.3 cm³/mol. The van der Waals surface area contributed by atoms with Crippen molar-refractivity contribution < 1.29 is 9.59 Å². The van der Waals surface area contributed by atoms with Crippen LogP contribution in [0, 0.1) is 13.8 Å². The molecule has 1 aromatic rings. The van der Waals surface area contributed by atoms with Crippen LogP contribution in [0.15, 0.2) is 18.2 Å². The first-order valence-electron chi connectivity index (χ1n) is 8.46. The molecule has 1 aromatic carbocycles. The third-order valence-electron chi connectivity index (χ3n) is 4.87. The predicted octanol–water partition coefficient (Wildman–Crippen LogP) is 2.03. The molecule has 1 heterocycles. The molecule has 3 N–H and O–H groups in total. The summed E-state index contributed by atoms with van der Waals surface area (Å²) in [5, 5.41) is 9.37. The number of carbonyl (C=O) groups excluding carboxylic acids is 2. The molecular formula is C18H25N3O2. The van der Waals surface area contributed by atoms with Crippen molar-refractivity contribution >= 4 is 17.5 Å². The highest BCUT2D eigenvalue weighted by Crippen LogP contribution is 2.22. The highest BCUT2D eigenvalue weighted by molar-refractivity contribution is 5.96. The van der Waals surface area contributed by atoms with Crippen LogP contribution in [0.3, 0.4) is 0 Å². The van der Waals surface area contributed by atoms with Gasteiger partial charge in [0.15, 0.2) is 0 Å². The number of anilines is 1. The molecule has 0 unspecified atom stereocenters. The van der Waals surface area contributed by atoms with Gasteiger partial charge in [-0.05, 0) is 38.3 Å². The Morgan fingerprint density at radius 2 is 1.96 bits per heavy atom. The smallest absolute Gasteiger partial charge is 0.237 e. The Labute approximate surface area is 137 Å². The van der Waals surface area contributed by atoms with Crippen molar-refractivity contribution in [3.8, 4) is 0 Å². The second kappa shape index (κ2) is 6.71. The largest absolute Gasteiger partial charge is 0.350 e. The summed E-state index contributed by atoms with van der Waals surface area (Å²) in [5.74, 6) is -0.178. The second-order valence-electron chi connectivity index (χ2n) is 6.80. The summed E-state index contributed by atoms with van der Waals surface area (Å²) >= 11 is 0. The van der Waals surface area contributed by atoms with E-state index in [1.54, 1.807) is 0 Å². The molecule has 5 nitrogen and oxygen atoms in total. The summed E-state index contributed by atoms with van der Waals surface area (Å²) in [6.07, 6.45) is 4.62. The van der Waals surface area contributed by atoms with Crippen LogP contribution < -0.4 is 16.0 Å². The van der Waals surface area contributed by atoms with Crippen molar-refractivity contribution in [1.82, 2.24) is 10.6 Å². The number of nitrogens with one attached hydrogen (secondary N) is 3. The average Bonchev–Trinajstić information content (AvgIpc) is 2.51. The number of amides is 2. The maximum atomic E-state index is 12.3. The molecule has 1 aliphatic carbocycles. The molecule has 1 saturated heterocycles. The molecule has 0 bridgehead atoms. The molecule has 5 heteroatoms. The standard InChI is InChI=1S/C18H25N3O2/c1-11-7-8-13(12(2)9-11)20-17(22)10-16-18(23)21-15-6-4-3-5-14(15)19-16/h7-9,14-16,19H,3-6,10H2,1-2H3,(H,20,22)(H,21,23)/t14-,15-,16+/m0/s1. The fourth-order valence-electron chi connectivity index (χ4n) is 3.61. The van der Waals surface area contributed by atoms with Crippen molar-refractivity contribution in [3.63, 3.8) is 0 Å². The number of carbonyl (C=O) groups is 2. The lowest BCUT2D eigenvalue weighted by Gasteiger charge is -2.40. The van der Waals surface area contributed by atoms with Crippen LogP contribution in [0.4, 0.5) is 5.69 Å². The number of benzene rings is 1. The summed E-state index contributed by atoms with van der Waals surface area (Å²) in [6.45, 7) is 4.00. The molecule has 2 amide bonds. The van der Waals surface area contributed by atoms with Gasteiger partial charge < -0.3 is 16.0 Å². The molecule has 0 spiro atoms. The van der Waals surface area contributed by atoms with E-state index in [4.69, 9.17) is 0 Å². The third kappa shape index (κ3) is 3.72. The van der Waals surface area contributed by atoms with Crippen molar-refractivity contribution in [2.75, 3.05) is 5.32 Å². The maximum absolute atomic E-state index is 12.3. The number of fused-ring (bicyclic) bond motifs is 1. The Kier molecular flexibility index (Phi) is 4.66. The normalized spacial score (nSPS) is 27.0. The van der Waals surface area contributed by atoms with Gasteiger partial charge in [-0.2, -0.15) is 0 Å². The first-order valence-corrected chi connectivity index (χ1v) is 8.46. The molecule has 1 saturated carbocycles. The van der Waals surface area contributed by atoms with Crippen LogP contribution in [-0.2, 0) is 9.59 Å². The Bertz CT molecular complexity index is 614. The van der Waals surface area contributed by atoms with E-state index in [-0.39, 0.29) is 24.3 Å². The quantitative estimate of drug-likeness (QED) is 0.799. The molecule has 23 heavy (non-hydrogen) atoms. The molecule has 3 rings (SSSR count). The molecule has 1 aliphatic heterocycles. The number of rotatable bonds is 3. The number of hydrogen-bond acceptors (Lipinski definition) is 3. The highest BCUT2D eigenvalue weighted by Gasteiger charge is 2.36. The topological polar surface area (TPSA) is 70.2 Å². The molecule has 2 aliphatic rings. The molecule has 3 atom stereocenters. The fraction of sp³-hybridized carbons (Fsp3) is 0.556.